The van der Waals surface area contributed by atoms with Crippen molar-refractivity contribution in [1.82, 2.24) is 9.78 Å². The van der Waals surface area contributed by atoms with Crippen LogP contribution in [0.4, 0.5) is 0 Å². The minimum atomic E-state index is 0.586. The lowest BCUT2D eigenvalue weighted by molar-refractivity contribution is 0.129. The fourth-order valence-corrected chi connectivity index (χ4v) is 2.76. The molecule has 4 heteroatoms. The van der Waals surface area contributed by atoms with Crippen LogP contribution in [0.2, 0.25) is 0 Å². The highest BCUT2D eigenvalue weighted by atomic mass is 16.5. The zero-order valence-corrected chi connectivity index (χ0v) is 8.91. The summed E-state index contributed by atoms with van der Waals surface area (Å²) in [7, 11) is 0. The van der Waals surface area contributed by atoms with E-state index in [0.717, 1.165) is 5.69 Å². The van der Waals surface area contributed by atoms with Crippen molar-refractivity contribution in [3.05, 3.63) is 17.0 Å². The second-order valence-corrected chi connectivity index (χ2v) is 4.45. The summed E-state index contributed by atoms with van der Waals surface area (Å²) in [5, 5.41) is 4.66. The molecule has 15 heavy (non-hydrogen) atoms. The van der Waals surface area contributed by atoms with Crippen LogP contribution in [-0.4, -0.2) is 9.78 Å². The van der Waals surface area contributed by atoms with E-state index in [1.807, 2.05) is 0 Å². The summed E-state index contributed by atoms with van der Waals surface area (Å²) in [5.41, 5.74) is 9.39. The predicted octanol–water partition coefficient (Wildman–Crippen LogP) is 1.49. The Labute approximate surface area is 89.4 Å². The molecule has 2 aliphatic rings. The third-order valence-electron chi connectivity index (χ3n) is 3.55. The van der Waals surface area contributed by atoms with Crippen LogP contribution in [-0.2, 0) is 24.5 Å². The van der Waals surface area contributed by atoms with Gasteiger partial charge in [0.15, 0.2) is 0 Å². The molecule has 0 saturated heterocycles. The number of rotatable bonds is 2. The topological polar surface area (TPSA) is 53.1 Å². The first-order chi connectivity index (χ1) is 7.40. The summed E-state index contributed by atoms with van der Waals surface area (Å²) < 4.78 is 7.56. The Kier molecular flexibility index (Phi) is 2.25. The molecule has 1 aliphatic carbocycles. The largest absolute Gasteiger partial charge is 0.370 e. The molecule has 1 saturated carbocycles. The Morgan fingerprint density at radius 3 is 2.87 bits per heavy atom. The van der Waals surface area contributed by atoms with Crippen molar-refractivity contribution >= 4 is 0 Å². The number of hydrogen-bond acceptors (Lipinski definition) is 3. The van der Waals surface area contributed by atoms with Gasteiger partial charge in [0.1, 0.15) is 0 Å². The monoisotopic (exact) mass is 207 g/mol. The van der Waals surface area contributed by atoms with E-state index in [0.29, 0.717) is 25.8 Å². The maximum atomic E-state index is 5.82. The van der Waals surface area contributed by atoms with E-state index in [4.69, 9.17) is 10.5 Å². The Morgan fingerprint density at radius 2 is 2.13 bits per heavy atom. The van der Waals surface area contributed by atoms with Gasteiger partial charge in [0, 0.05) is 12.1 Å². The summed E-state index contributed by atoms with van der Waals surface area (Å²) in [5.74, 6) is 0. The second kappa shape index (κ2) is 3.61. The normalized spacial score (nSPS) is 21.1. The molecular formula is C11H17N3O. The van der Waals surface area contributed by atoms with E-state index < -0.39 is 0 Å². The van der Waals surface area contributed by atoms with Gasteiger partial charge in [0.25, 0.3) is 0 Å². The zero-order chi connectivity index (χ0) is 10.3. The molecule has 82 valence electrons. The van der Waals surface area contributed by atoms with Gasteiger partial charge in [-0.25, -0.2) is 0 Å². The number of nitrogens with two attached hydrogens (primary N) is 1. The maximum absolute atomic E-state index is 5.82. The molecule has 1 aromatic rings. The summed E-state index contributed by atoms with van der Waals surface area (Å²) >= 11 is 0. The zero-order valence-electron chi connectivity index (χ0n) is 8.91. The van der Waals surface area contributed by atoms with Crippen molar-refractivity contribution in [2.75, 3.05) is 0 Å². The van der Waals surface area contributed by atoms with Crippen LogP contribution in [0.25, 0.3) is 0 Å². The molecule has 0 bridgehead atoms. The van der Waals surface area contributed by atoms with Gasteiger partial charge in [-0.1, -0.05) is 12.8 Å². The van der Waals surface area contributed by atoms with Crippen LogP contribution in [0.5, 0.6) is 0 Å². The number of fused-ring (bicyclic) bond motifs is 1. The maximum Gasteiger partial charge on any atom is 0.0940 e. The highest BCUT2D eigenvalue weighted by Gasteiger charge is 2.26. The second-order valence-electron chi connectivity index (χ2n) is 4.45. The predicted molar refractivity (Wildman–Crippen MR) is 56.1 cm³/mol. The van der Waals surface area contributed by atoms with Crippen LogP contribution in [0.1, 0.15) is 48.7 Å². The number of ether oxygens (including phenoxy) is 1. The van der Waals surface area contributed by atoms with Crippen molar-refractivity contribution in [2.45, 2.75) is 51.5 Å². The van der Waals surface area contributed by atoms with E-state index in [1.54, 1.807) is 0 Å². The van der Waals surface area contributed by atoms with Gasteiger partial charge in [-0.05, 0) is 12.8 Å². The average molecular weight is 207 g/mol. The standard InChI is InChI=1S/C11H17N3O/c12-5-11-9-6-15-7-10(9)13-14(11)8-3-1-2-4-8/h8H,1-7,12H2. The van der Waals surface area contributed by atoms with E-state index in [9.17, 15) is 0 Å². The SMILES string of the molecule is NCc1c2c(nn1C1CCCC1)COC2. The highest BCUT2D eigenvalue weighted by Crippen LogP contribution is 2.33. The molecule has 3 rings (SSSR count). The minimum absolute atomic E-state index is 0.586. The summed E-state index contributed by atoms with van der Waals surface area (Å²) in [6.45, 7) is 1.96. The molecule has 0 amide bonds. The van der Waals surface area contributed by atoms with E-state index in [1.165, 1.54) is 36.9 Å². The Balaban J connectivity index is 1.99. The first-order valence-corrected chi connectivity index (χ1v) is 5.77. The molecule has 2 N–H and O–H groups in total. The van der Waals surface area contributed by atoms with Crippen LogP contribution in [0.3, 0.4) is 0 Å². The van der Waals surface area contributed by atoms with Crippen molar-refractivity contribution in [2.24, 2.45) is 5.73 Å². The molecule has 0 atom stereocenters. The molecule has 1 aromatic heterocycles. The molecular weight excluding hydrogens is 190 g/mol. The van der Waals surface area contributed by atoms with E-state index >= 15 is 0 Å². The van der Waals surface area contributed by atoms with Gasteiger partial charge in [0.05, 0.1) is 30.6 Å². The summed E-state index contributed by atoms with van der Waals surface area (Å²) in [6, 6.07) is 0.592. The molecule has 0 radical (unpaired) electrons. The van der Waals surface area contributed by atoms with Crippen molar-refractivity contribution in [3.8, 4) is 0 Å². The lowest BCUT2D eigenvalue weighted by atomic mass is 10.2. The Hall–Kier alpha value is -0.870. The van der Waals surface area contributed by atoms with Crippen molar-refractivity contribution in [1.29, 1.82) is 0 Å². The molecule has 1 fully saturated rings. The van der Waals surface area contributed by atoms with Crippen molar-refractivity contribution in [3.63, 3.8) is 0 Å². The lowest BCUT2D eigenvalue weighted by Crippen LogP contribution is -2.14. The first kappa shape index (κ1) is 9.36. The van der Waals surface area contributed by atoms with E-state index in [-0.39, 0.29) is 0 Å². The van der Waals surface area contributed by atoms with Gasteiger partial charge >= 0.3 is 0 Å². The Morgan fingerprint density at radius 1 is 1.33 bits per heavy atom. The smallest absolute Gasteiger partial charge is 0.0940 e. The van der Waals surface area contributed by atoms with Gasteiger partial charge in [-0.3, -0.25) is 4.68 Å². The highest BCUT2D eigenvalue weighted by molar-refractivity contribution is 5.28. The molecule has 2 heterocycles. The van der Waals surface area contributed by atoms with Crippen LogP contribution < -0.4 is 5.73 Å². The molecule has 0 aromatic carbocycles. The number of hydrogen-bond donors (Lipinski definition) is 1. The Bertz CT molecular complexity index is 366. The average Bonchev–Trinajstić information content (AvgIpc) is 2.93. The van der Waals surface area contributed by atoms with Crippen LogP contribution in [0.15, 0.2) is 0 Å². The lowest BCUT2D eigenvalue weighted by Gasteiger charge is -2.14. The number of aromatic nitrogens is 2. The van der Waals surface area contributed by atoms with E-state index in [2.05, 4.69) is 9.78 Å². The van der Waals surface area contributed by atoms with Gasteiger partial charge in [-0.15, -0.1) is 0 Å². The first-order valence-electron chi connectivity index (χ1n) is 5.77. The van der Waals surface area contributed by atoms with Crippen molar-refractivity contribution < 1.29 is 4.74 Å². The van der Waals surface area contributed by atoms with Gasteiger partial charge in [-0.2, -0.15) is 5.10 Å². The van der Waals surface area contributed by atoms with Crippen LogP contribution in [0, 0.1) is 0 Å². The molecule has 4 nitrogen and oxygen atoms in total. The van der Waals surface area contributed by atoms with Gasteiger partial charge in [0.2, 0.25) is 0 Å². The quantitative estimate of drug-likeness (QED) is 0.799. The number of nitrogens with zero attached hydrogens (tertiary/aromatic N) is 2. The summed E-state index contributed by atoms with van der Waals surface area (Å²) in [4.78, 5) is 0. The van der Waals surface area contributed by atoms with Crippen LogP contribution >= 0.6 is 0 Å². The summed E-state index contributed by atoms with van der Waals surface area (Å²) in [6.07, 6.45) is 5.17. The fraction of sp³-hybridized carbons (Fsp3) is 0.727. The molecule has 0 spiro atoms. The van der Waals surface area contributed by atoms with Gasteiger partial charge < -0.3 is 10.5 Å². The minimum Gasteiger partial charge on any atom is -0.370 e. The fourth-order valence-electron chi connectivity index (χ4n) is 2.76. The third kappa shape index (κ3) is 1.40. The third-order valence-corrected chi connectivity index (χ3v) is 3.55. The molecule has 1 aliphatic heterocycles. The molecule has 0 unspecified atom stereocenters.